The average Bonchev–Trinajstić information content (AvgIpc) is 2.28. The highest BCUT2D eigenvalue weighted by Crippen LogP contribution is 2.07. The monoisotopic (exact) mass is 168 g/mol. The molecule has 0 atom stereocenters. The first-order chi connectivity index (χ1) is 5.61. The summed E-state index contributed by atoms with van der Waals surface area (Å²) in [4.78, 5) is 22.5. The number of azo groups is 1. The van der Waals surface area contributed by atoms with Gasteiger partial charge >= 0.3 is 12.1 Å². The van der Waals surface area contributed by atoms with Gasteiger partial charge in [0.15, 0.2) is 0 Å². The van der Waals surface area contributed by atoms with Gasteiger partial charge in [-0.25, -0.2) is 14.5 Å². The Bertz CT molecular complexity index is 253. The van der Waals surface area contributed by atoms with E-state index in [0.717, 1.165) is 4.90 Å². The molecule has 0 radical (unpaired) electrons. The smallest absolute Gasteiger partial charge is 0.310 e. The molecule has 0 aromatic heterocycles. The highest BCUT2D eigenvalue weighted by Gasteiger charge is 2.26. The Morgan fingerprint density at radius 1 is 1.42 bits per heavy atom. The molecule has 64 valence electrons. The molecule has 1 rings (SSSR count). The van der Waals surface area contributed by atoms with Crippen molar-refractivity contribution in [3.63, 3.8) is 0 Å². The van der Waals surface area contributed by atoms with Crippen LogP contribution in [0.2, 0.25) is 0 Å². The summed E-state index contributed by atoms with van der Waals surface area (Å²) in [5.41, 5.74) is 0.419. The molecule has 0 saturated heterocycles. The molecule has 6 nitrogen and oxygen atoms in total. The Hall–Kier alpha value is -1.59. The maximum Gasteiger partial charge on any atom is 0.370 e. The molecule has 0 aliphatic carbocycles. The molecule has 1 N–H and O–H groups in total. The summed E-state index contributed by atoms with van der Waals surface area (Å²) in [7, 11) is 0. The van der Waals surface area contributed by atoms with E-state index in [1.54, 1.807) is 6.92 Å². The average molecular weight is 168 g/mol. The summed E-state index contributed by atoms with van der Waals surface area (Å²) < 4.78 is 0. The van der Waals surface area contributed by atoms with Gasteiger partial charge in [-0.15, -0.1) is 0 Å². The number of hydrogen-bond acceptors (Lipinski definition) is 3. The Labute approximate surface area is 68.8 Å². The van der Waals surface area contributed by atoms with Gasteiger partial charge in [0.05, 0.1) is 0 Å². The molecule has 0 aromatic rings. The standard InChI is InChI=1S/C6H8N4O2/c1-4(7)2-3-10-5(11)8-9-6(10)12/h7H,2-3H2,1H3. The van der Waals surface area contributed by atoms with Crippen LogP contribution in [0, 0.1) is 5.41 Å². The molecule has 6 heteroatoms. The molecule has 1 aliphatic heterocycles. The summed E-state index contributed by atoms with van der Waals surface area (Å²) in [6, 6.07) is -1.28. The van der Waals surface area contributed by atoms with E-state index < -0.39 is 12.1 Å². The van der Waals surface area contributed by atoms with Gasteiger partial charge in [0.1, 0.15) is 0 Å². The van der Waals surface area contributed by atoms with E-state index in [0.29, 0.717) is 12.1 Å². The second kappa shape index (κ2) is 3.21. The second-order valence-corrected chi connectivity index (χ2v) is 2.45. The molecular formula is C6H8N4O2. The van der Waals surface area contributed by atoms with Gasteiger partial charge in [-0.3, -0.25) is 0 Å². The first-order valence-corrected chi connectivity index (χ1v) is 3.42. The summed E-state index contributed by atoms with van der Waals surface area (Å²) in [6.07, 6.45) is 0.377. The zero-order chi connectivity index (χ0) is 9.14. The van der Waals surface area contributed by atoms with Crippen LogP contribution >= 0.6 is 0 Å². The lowest BCUT2D eigenvalue weighted by Gasteiger charge is -2.08. The molecule has 0 bridgehead atoms. The van der Waals surface area contributed by atoms with Gasteiger partial charge in [0.2, 0.25) is 0 Å². The van der Waals surface area contributed by atoms with Crippen LogP contribution in [0.15, 0.2) is 10.2 Å². The zero-order valence-electron chi connectivity index (χ0n) is 6.57. The molecule has 1 heterocycles. The van der Waals surface area contributed by atoms with Gasteiger partial charge in [-0.05, 0) is 6.92 Å². The minimum Gasteiger partial charge on any atom is -0.310 e. The fraction of sp³-hybridized carbons (Fsp3) is 0.500. The molecule has 12 heavy (non-hydrogen) atoms. The number of amides is 4. The number of nitrogens with zero attached hydrogens (tertiary/aromatic N) is 3. The van der Waals surface area contributed by atoms with Crippen LogP contribution in [0.4, 0.5) is 9.59 Å². The largest absolute Gasteiger partial charge is 0.370 e. The lowest BCUT2D eigenvalue weighted by atomic mass is 10.3. The Balaban J connectivity index is 2.48. The van der Waals surface area contributed by atoms with E-state index in [4.69, 9.17) is 5.41 Å². The van der Waals surface area contributed by atoms with Gasteiger partial charge in [0.25, 0.3) is 0 Å². The van der Waals surface area contributed by atoms with Gasteiger partial charge in [0, 0.05) is 18.7 Å². The molecular weight excluding hydrogens is 160 g/mol. The van der Waals surface area contributed by atoms with Gasteiger partial charge < -0.3 is 5.41 Å². The van der Waals surface area contributed by atoms with Crippen molar-refractivity contribution in [1.82, 2.24) is 4.90 Å². The molecule has 4 amide bonds. The van der Waals surface area contributed by atoms with Crippen LogP contribution in [-0.2, 0) is 0 Å². The predicted molar refractivity (Wildman–Crippen MR) is 40.4 cm³/mol. The lowest BCUT2D eigenvalue weighted by molar-refractivity contribution is 0.207. The Kier molecular flexibility index (Phi) is 2.27. The van der Waals surface area contributed by atoms with E-state index in [2.05, 4.69) is 10.2 Å². The zero-order valence-corrected chi connectivity index (χ0v) is 6.57. The third-order valence-electron chi connectivity index (χ3n) is 1.39. The van der Waals surface area contributed by atoms with Crippen molar-refractivity contribution in [2.45, 2.75) is 13.3 Å². The Morgan fingerprint density at radius 3 is 2.33 bits per heavy atom. The van der Waals surface area contributed by atoms with E-state index in [9.17, 15) is 9.59 Å². The third kappa shape index (κ3) is 1.71. The fourth-order valence-corrected chi connectivity index (χ4v) is 0.746. The van der Waals surface area contributed by atoms with Crippen molar-refractivity contribution >= 4 is 17.8 Å². The molecule has 1 aliphatic rings. The van der Waals surface area contributed by atoms with Crippen molar-refractivity contribution < 1.29 is 9.59 Å². The first kappa shape index (κ1) is 8.51. The van der Waals surface area contributed by atoms with Crippen LogP contribution in [0.25, 0.3) is 0 Å². The number of carbonyl (C=O) groups excluding carboxylic acids is 2. The number of hydrogen-bond donors (Lipinski definition) is 1. The van der Waals surface area contributed by atoms with Crippen LogP contribution in [0.1, 0.15) is 13.3 Å². The van der Waals surface area contributed by atoms with E-state index in [1.807, 2.05) is 0 Å². The van der Waals surface area contributed by atoms with Crippen LogP contribution in [0.5, 0.6) is 0 Å². The fourth-order valence-electron chi connectivity index (χ4n) is 0.746. The van der Waals surface area contributed by atoms with E-state index in [1.165, 1.54) is 0 Å². The maximum absolute atomic E-state index is 10.8. The quantitative estimate of drug-likeness (QED) is 0.646. The molecule has 0 saturated carbocycles. The van der Waals surface area contributed by atoms with Crippen LogP contribution in [-0.4, -0.2) is 29.2 Å². The van der Waals surface area contributed by atoms with Gasteiger partial charge in [-0.1, -0.05) is 10.2 Å². The summed E-state index contributed by atoms with van der Waals surface area (Å²) in [5, 5.41) is 13.2. The first-order valence-electron chi connectivity index (χ1n) is 3.42. The molecule has 0 unspecified atom stereocenters. The van der Waals surface area contributed by atoms with Crippen LogP contribution in [0.3, 0.4) is 0 Å². The minimum absolute atomic E-state index is 0.194. The van der Waals surface area contributed by atoms with Crippen molar-refractivity contribution in [2.75, 3.05) is 6.54 Å². The topological polar surface area (TPSA) is 85.9 Å². The molecule has 0 fully saturated rings. The maximum atomic E-state index is 10.8. The number of urea groups is 2. The normalized spacial score (nSPS) is 15.9. The van der Waals surface area contributed by atoms with Crippen molar-refractivity contribution in [3.05, 3.63) is 0 Å². The SMILES string of the molecule is CC(=N)CCN1C(=O)N=NC1=O. The predicted octanol–water partition coefficient (Wildman–Crippen LogP) is 1.42. The highest BCUT2D eigenvalue weighted by molar-refractivity contribution is 5.98. The van der Waals surface area contributed by atoms with Crippen LogP contribution < -0.4 is 0 Å². The number of rotatable bonds is 3. The third-order valence-corrected chi connectivity index (χ3v) is 1.39. The second-order valence-electron chi connectivity index (χ2n) is 2.45. The van der Waals surface area contributed by atoms with E-state index in [-0.39, 0.29) is 6.54 Å². The molecule has 0 aromatic carbocycles. The minimum atomic E-state index is -0.638. The Morgan fingerprint density at radius 2 is 1.92 bits per heavy atom. The van der Waals surface area contributed by atoms with E-state index >= 15 is 0 Å². The van der Waals surface area contributed by atoms with Crippen molar-refractivity contribution in [3.8, 4) is 0 Å². The van der Waals surface area contributed by atoms with Gasteiger partial charge in [-0.2, -0.15) is 0 Å². The molecule has 0 spiro atoms. The summed E-state index contributed by atoms with van der Waals surface area (Å²) >= 11 is 0. The number of carbonyl (C=O) groups is 2. The number of imide groups is 1. The highest BCUT2D eigenvalue weighted by atomic mass is 16.2. The van der Waals surface area contributed by atoms with Crippen molar-refractivity contribution in [1.29, 1.82) is 5.41 Å². The number of nitrogens with one attached hydrogen (secondary N) is 1. The lowest BCUT2D eigenvalue weighted by Crippen LogP contribution is -2.29. The summed E-state index contributed by atoms with van der Waals surface area (Å²) in [6.45, 7) is 1.80. The van der Waals surface area contributed by atoms with Crippen molar-refractivity contribution in [2.24, 2.45) is 10.2 Å². The summed E-state index contributed by atoms with van der Waals surface area (Å²) in [5.74, 6) is 0.